The van der Waals surface area contributed by atoms with Gasteiger partial charge in [0.25, 0.3) is 0 Å². The van der Waals surface area contributed by atoms with Crippen molar-refractivity contribution in [3.8, 4) is 0 Å². The SMILES string of the molecule is CCC(=O)N(COC(C)C)c1ccccc1. The zero-order chi connectivity index (χ0) is 12.0. The monoisotopic (exact) mass is 221 g/mol. The van der Waals surface area contributed by atoms with E-state index in [9.17, 15) is 4.79 Å². The van der Waals surface area contributed by atoms with E-state index in [4.69, 9.17) is 4.74 Å². The average molecular weight is 221 g/mol. The third-order valence-corrected chi connectivity index (χ3v) is 2.21. The molecule has 1 amide bonds. The van der Waals surface area contributed by atoms with Gasteiger partial charge in [-0.2, -0.15) is 0 Å². The fourth-order valence-electron chi connectivity index (χ4n) is 1.31. The van der Waals surface area contributed by atoms with Crippen LogP contribution >= 0.6 is 0 Å². The summed E-state index contributed by atoms with van der Waals surface area (Å²) >= 11 is 0. The van der Waals surface area contributed by atoms with E-state index in [1.807, 2.05) is 51.1 Å². The van der Waals surface area contributed by atoms with Crippen molar-refractivity contribution >= 4 is 11.6 Å². The lowest BCUT2D eigenvalue weighted by atomic mass is 10.3. The highest BCUT2D eigenvalue weighted by atomic mass is 16.5. The first-order chi connectivity index (χ1) is 7.65. The van der Waals surface area contributed by atoms with E-state index >= 15 is 0 Å². The third-order valence-electron chi connectivity index (χ3n) is 2.21. The standard InChI is InChI=1S/C13H19NO2/c1-4-13(15)14(10-16-11(2)3)12-8-6-5-7-9-12/h5-9,11H,4,10H2,1-3H3. The number of hydrogen-bond donors (Lipinski definition) is 0. The molecule has 0 atom stereocenters. The van der Waals surface area contributed by atoms with Gasteiger partial charge in [-0.05, 0) is 26.0 Å². The lowest BCUT2D eigenvalue weighted by Crippen LogP contribution is -2.33. The van der Waals surface area contributed by atoms with Gasteiger partial charge in [0.1, 0.15) is 6.73 Å². The lowest BCUT2D eigenvalue weighted by molar-refractivity contribution is -0.119. The predicted molar refractivity (Wildman–Crippen MR) is 65.3 cm³/mol. The maximum Gasteiger partial charge on any atom is 0.228 e. The number of carbonyl (C=O) groups is 1. The summed E-state index contributed by atoms with van der Waals surface area (Å²) in [4.78, 5) is 13.4. The van der Waals surface area contributed by atoms with Crippen LogP contribution in [0, 0.1) is 0 Å². The molecule has 3 nitrogen and oxygen atoms in total. The summed E-state index contributed by atoms with van der Waals surface area (Å²) in [6.45, 7) is 6.08. The number of benzene rings is 1. The van der Waals surface area contributed by atoms with Crippen molar-refractivity contribution in [1.82, 2.24) is 0 Å². The molecule has 3 heteroatoms. The topological polar surface area (TPSA) is 29.5 Å². The zero-order valence-corrected chi connectivity index (χ0v) is 10.1. The van der Waals surface area contributed by atoms with Crippen LogP contribution in [0.25, 0.3) is 0 Å². The van der Waals surface area contributed by atoms with Crippen LogP contribution in [0.5, 0.6) is 0 Å². The Balaban J connectivity index is 2.76. The minimum atomic E-state index is 0.0758. The van der Waals surface area contributed by atoms with Gasteiger partial charge in [0.2, 0.25) is 5.91 Å². The molecule has 0 N–H and O–H groups in total. The van der Waals surface area contributed by atoms with Gasteiger partial charge in [-0.1, -0.05) is 25.1 Å². The van der Waals surface area contributed by atoms with E-state index in [2.05, 4.69) is 0 Å². The highest BCUT2D eigenvalue weighted by Crippen LogP contribution is 2.14. The maximum atomic E-state index is 11.8. The first-order valence-corrected chi connectivity index (χ1v) is 5.62. The third kappa shape index (κ3) is 3.66. The first-order valence-electron chi connectivity index (χ1n) is 5.62. The number of nitrogens with zero attached hydrogens (tertiary/aromatic N) is 1. The molecule has 0 radical (unpaired) electrons. The number of para-hydroxylation sites is 1. The van der Waals surface area contributed by atoms with Gasteiger partial charge >= 0.3 is 0 Å². The van der Waals surface area contributed by atoms with E-state index in [0.29, 0.717) is 13.2 Å². The number of hydrogen-bond acceptors (Lipinski definition) is 2. The van der Waals surface area contributed by atoms with Crippen LogP contribution in [-0.2, 0) is 9.53 Å². The summed E-state index contributed by atoms with van der Waals surface area (Å²) in [5.41, 5.74) is 0.884. The summed E-state index contributed by atoms with van der Waals surface area (Å²) in [5, 5.41) is 0. The molecule has 1 aromatic carbocycles. The Labute approximate surface area is 97.0 Å². The van der Waals surface area contributed by atoms with E-state index in [1.165, 1.54) is 0 Å². The molecule has 88 valence electrons. The van der Waals surface area contributed by atoms with Gasteiger partial charge in [-0.3, -0.25) is 9.69 Å². The minimum absolute atomic E-state index is 0.0758. The average Bonchev–Trinajstić information content (AvgIpc) is 2.30. The number of ether oxygens (including phenoxy) is 1. The van der Waals surface area contributed by atoms with Crippen molar-refractivity contribution in [3.63, 3.8) is 0 Å². The van der Waals surface area contributed by atoms with E-state index < -0.39 is 0 Å². The van der Waals surface area contributed by atoms with E-state index in [-0.39, 0.29) is 12.0 Å². The van der Waals surface area contributed by atoms with Crippen molar-refractivity contribution in [3.05, 3.63) is 30.3 Å². The molecule has 0 bridgehead atoms. The Hall–Kier alpha value is -1.35. The quantitative estimate of drug-likeness (QED) is 0.715. The van der Waals surface area contributed by atoms with Gasteiger partial charge in [-0.25, -0.2) is 0 Å². The molecule has 0 heterocycles. The molecule has 0 saturated heterocycles. The van der Waals surface area contributed by atoms with Crippen LogP contribution < -0.4 is 4.90 Å². The fraction of sp³-hybridized carbons (Fsp3) is 0.462. The Morgan fingerprint density at radius 1 is 1.31 bits per heavy atom. The Morgan fingerprint density at radius 3 is 2.44 bits per heavy atom. The van der Waals surface area contributed by atoms with Crippen molar-refractivity contribution in [2.75, 3.05) is 11.6 Å². The molecule has 0 aliphatic rings. The van der Waals surface area contributed by atoms with Crippen molar-refractivity contribution in [2.45, 2.75) is 33.3 Å². The van der Waals surface area contributed by atoms with Crippen molar-refractivity contribution in [2.24, 2.45) is 0 Å². The molecule has 1 aromatic rings. The molecule has 0 spiro atoms. The Kier molecular flexibility index (Phi) is 4.99. The molecular formula is C13H19NO2. The second-order valence-corrected chi connectivity index (χ2v) is 3.86. The van der Waals surface area contributed by atoms with Gasteiger partial charge < -0.3 is 4.74 Å². The van der Waals surface area contributed by atoms with Gasteiger partial charge in [0.15, 0.2) is 0 Å². The maximum absolute atomic E-state index is 11.8. The largest absolute Gasteiger partial charge is 0.358 e. The smallest absolute Gasteiger partial charge is 0.228 e. The Bertz CT molecular complexity index is 322. The molecule has 0 aromatic heterocycles. The number of anilines is 1. The molecule has 0 saturated carbocycles. The van der Waals surface area contributed by atoms with Crippen LogP contribution in [0.15, 0.2) is 30.3 Å². The van der Waals surface area contributed by atoms with Gasteiger partial charge in [-0.15, -0.1) is 0 Å². The second kappa shape index (κ2) is 6.28. The van der Waals surface area contributed by atoms with Gasteiger partial charge in [0.05, 0.1) is 6.10 Å². The molecule has 16 heavy (non-hydrogen) atoms. The van der Waals surface area contributed by atoms with Crippen molar-refractivity contribution in [1.29, 1.82) is 0 Å². The van der Waals surface area contributed by atoms with Crippen LogP contribution in [0.2, 0.25) is 0 Å². The molecular weight excluding hydrogens is 202 g/mol. The summed E-state index contributed by atoms with van der Waals surface area (Å²) < 4.78 is 5.49. The summed E-state index contributed by atoms with van der Waals surface area (Å²) in [5.74, 6) is 0.0758. The highest BCUT2D eigenvalue weighted by Gasteiger charge is 2.13. The van der Waals surface area contributed by atoms with E-state index in [1.54, 1.807) is 4.90 Å². The van der Waals surface area contributed by atoms with Crippen LogP contribution in [-0.4, -0.2) is 18.7 Å². The first kappa shape index (κ1) is 12.7. The van der Waals surface area contributed by atoms with Crippen LogP contribution in [0.1, 0.15) is 27.2 Å². The predicted octanol–water partition coefficient (Wildman–Crippen LogP) is 2.81. The summed E-state index contributed by atoms with van der Waals surface area (Å²) in [6, 6.07) is 9.59. The van der Waals surface area contributed by atoms with Crippen LogP contribution in [0.4, 0.5) is 5.69 Å². The number of rotatable bonds is 5. The molecule has 0 fully saturated rings. The van der Waals surface area contributed by atoms with Gasteiger partial charge in [0, 0.05) is 12.1 Å². The lowest BCUT2D eigenvalue weighted by Gasteiger charge is -2.23. The zero-order valence-electron chi connectivity index (χ0n) is 10.1. The minimum Gasteiger partial charge on any atom is -0.358 e. The fourth-order valence-corrected chi connectivity index (χ4v) is 1.31. The normalized spacial score (nSPS) is 10.5. The number of amides is 1. The number of carbonyl (C=O) groups excluding carboxylic acids is 1. The molecule has 0 aliphatic carbocycles. The second-order valence-electron chi connectivity index (χ2n) is 3.86. The van der Waals surface area contributed by atoms with E-state index in [0.717, 1.165) is 5.69 Å². The van der Waals surface area contributed by atoms with Crippen LogP contribution in [0.3, 0.4) is 0 Å². The summed E-state index contributed by atoms with van der Waals surface area (Å²) in [7, 11) is 0. The molecule has 0 aliphatic heterocycles. The van der Waals surface area contributed by atoms with Crippen molar-refractivity contribution < 1.29 is 9.53 Å². The highest BCUT2D eigenvalue weighted by molar-refractivity contribution is 5.92. The molecule has 1 rings (SSSR count). The molecule has 0 unspecified atom stereocenters. The Morgan fingerprint density at radius 2 is 1.94 bits per heavy atom. The summed E-state index contributed by atoms with van der Waals surface area (Å²) in [6.07, 6.45) is 0.604.